The first kappa shape index (κ1) is 14.0. The number of nitrogens with one attached hydrogen (secondary N) is 1. The molecule has 0 saturated carbocycles. The lowest BCUT2D eigenvalue weighted by atomic mass is 10.1. The standard InChI is InChI=1S/C14H17N3O3/c1-14(2,3)20-13(18)15-8-10-6-4-5-7-11(10)12-17-16-9-19-12/h4-7,9H,8H2,1-3H3,(H,15,18). The summed E-state index contributed by atoms with van der Waals surface area (Å²) in [5.41, 5.74) is 1.15. The number of nitrogens with zero attached hydrogens (tertiary/aromatic N) is 2. The fourth-order valence-electron chi connectivity index (χ4n) is 1.66. The fraction of sp³-hybridized carbons (Fsp3) is 0.357. The van der Waals surface area contributed by atoms with E-state index in [9.17, 15) is 4.79 Å². The number of aromatic nitrogens is 2. The monoisotopic (exact) mass is 275 g/mol. The molecule has 0 atom stereocenters. The van der Waals surface area contributed by atoms with Crippen molar-refractivity contribution in [3.63, 3.8) is 0 Å². The van der Waals surface area contributed by atoms with Gasteiger partial charge in [0.2, 0.25) is 12.3 Å². The maximum atomic E-state index is 11.6. The second kappa shape index (κ2) is 5.73. The van der Waals surface area contributed by atoms with Crippen molar-refractivity contribution < 1.29 is 13.9 Å². The number of alkyl carbamates (subject to hydrolysis) is 1. The molecule has 0 unspecified atom stereocenters. The van der Waals surface area contributed by atoms with Gasteiger partial charge in [0, 0.05) is 12.1 Å². The van der Waals surface area contributed by atoms with Gasteiger partial charge >= 0.3 is 6.09 Å². The lowest BCUT2D eigenvalue weighted by Gasteiger charge is -2.19. The minimum atomic E-state index is -0.518. The Hall–Kier alpha value is -2.37. The van der Waals surface area contributed by atoms with Crippen molar-refractivity contribution in [1.82, 2.24) is 15.5 Å². The summed E-state index contributed by atoms with van der Waals surface area (Å²) < 4.78 is 10.4. The van der Waals surface area contributed by atoms with E-state index in [0.29, 0.717) is 12.4 Å². The summed E-state index contributed by atoms with van der Waals surface area (Å²) in [5.74, 6) is 0.423. The Morgan fingerprint density at radius 1 is 1.35 bits per heavy atom. The first-order chi connectivity index (χ1) is 9.46. The van der Waals surface area contributed by atoms with Crippen molar-refractivity contribution >= 4 is 6.09 Å². The Bertz CT molecular complexity index is 574. The molecular formula is C14H17N3O3. The molecule has 1 amide bonds. The zero-order chi connectivity index (χ0) is 14.6. The molecule has 0 radical (unpaired) electrons. The van der Waals surface area contributed by atoms with E-state index in [0.717, 1.165) is 11.1 Å². The molecule has 1 aromatic heterocycles. The molecule has 0 saturated heterocycles. The third-order valence-electron chi connectivity index (χ3n) is 2.43. The van der Waals surface area contributed by atoms with E-state index in [1.165, 1.54) is 6.39 Å². The van der Waals surface area contributed by atoms with Gasteiger partial charge in [-0.3, -0.25) is 0 Å². The topological polar surface area (TPSA) is 77.2 Å². The number of hydrogen-bond acceptors (Lipinski definition) is 5. The van der Waals surface area contributed by atoms with Crippen LogP contribution < -0.4 is 5.32 Å². The summed E-state index contributed by atoms with van der Waals surface area (Å²) in [7, 11) is 0. The van der Waals surface area contributed by atoms with E-state index >= 15 is 0 Å². The van der Waals surface area contributed by atoms with Crippen molar-refractivity contribution in [3.8, 4) is 11.5 Å². The van der Waals surface area contributed by atoms with E-state index in [4.69, 9.17) is 9.15 Å². The van der Waals surface area contributed by atoms with Crippen LogP contribution in [0.15, 0.2) is 35.1 Å². The number of benzene rings is 1. The van der Waals surface area contributed by atoms with Gasteiger partial charge in [0.05, 0.1) is 0 Å². The molecule has 0 aliphatic rings. The maximum Gasteiger partial charge on any atom is 0.407 e. The van der Waals surface area contributed by atoms with Crippen LogP contribution in [0.4, 0.5) is 4.79 Å². The van der Waals surface area contributed by atoms with E-state index < -0.39 is 11.7 Å². The number of amides is 1. The molecule has 0 spiro atoms. The van der Waals surface area contributed by atoms with Crippen LogP contribution >= 0.6 is 0 Å². The van der Waals surface area contributed by atoms with Crippen LogP contribution in [0.25, 0.3) is 11.5 Å². The predicted molar refractivity (Wildman–Crippen MR) is 72.8 cm³/mol. The highest BCUT2D eigenvalue weighted by atomic mass is 16.6. The molecule has 2 rings (SSSR count). The lowest BCUT2D eigenvalue weighted by molar-refractivity contribution is 0.0523. The minimum absolute atomic E-state index is 0.327. The van der Waals surface area contributed by atoms with E-state index in [1.54, 1.807) is 0 Å². The molecule has 1 aromatic carbocycles. The van der Waals surface area contributed by atoms with Crippen LogP contribution in [0.1, 0.15) is 26.3 Å². The van der Waals surface area contributed by atoms with Crippen LogP contribution in [-0.4, -0.2) is 21.9 Å². The molecule has 0 fully saturated rings. The number of carbonyl (C=O) groups is 1. The molecule has 2 aromatic rings. The highest BCUT2D eigenvalue weighted by Gasteiger charge is 2.16. The smallest absolute Gasteiger partial charge is 0.407 e. The van der Waals surface area contributed by atoms with Crippen LogP contribution in [0.5, 0.6) is 0 Å². The highest BCUT2D eigenvalue weighted by Crippen LogP contribution is 2.21. The van der Waals surface area contributed by atoms with Crippen LogP contribution in [0.2, 0.25) is 0 Å². The van der Waals surface area contributed by atoms with Gasteiger partial charge in [0.25, 0.3) is 0 Å². The van der Waals surface area contributed by atoms with Crippen molar-refractivity contribution in [2.75, 3.05) is 0 Å². The average Bonchev–Trinajstić information content (AvgIpc) is 2.88. The molecule has 0 bridgehead atoms. The zero-order valence-electron chi connectivity index (χ0n) is 11.7. The van der Waals surface area contributed by atoms with Crippen LogP contribution in [0.3, 0.4) is 0 Å². The van der Waals surface area contributed by atoms with Gasteiger partial charge in [-0.15, -0.1) is 10.2 Å². The van der Waals surface area contributed by atoms with E-state index in [1.807, 2.05) is 45.0 Å². The normalized spacial score (nSPS) is 11.2. The summed E-state index contributed by atoms with van der Waals surface area (Å²) in [6.45, 7) is 5.78. The van der Waals surface area contributed by atoms with Gasteiger partial charge < -0.3 is 14.5 Å². The van der Waals surface area contributed by atoms with Crippen molar-refractivity contribution in [2.45, 2.75) is 32.9 Å². The molecule has 1 heterocycles. The average molecular weight is 275 g/mol. The Balaban J connectivity index is 2.06. The quantitative estimate of drug-likeness (QED) is 0.932. The highest BCUT2D eigenvalue weighted by molar-refractivity contribution is 5.68. The third kappa shape index (κ3) is 3.81. The van der Waals surface area contributed by atoms with Crippen molar-refractivity contribution in [1.29, 1.82) is 0 Å². The number of rotatable bonds is 3. The predicted octanol–water partition coefficient (Wildman–Crippen LogP) is 2.76. The third-order valence-corrected chi connectivity index (χ3v) is 2.43. The van der Waals surface area contributed by atoms with Gasteiger partial charge in [-0.05, 0) is 32.4 Å². The molecule has 6 nitrogen and oxygen atoms in total. The van der Waals surface area contributed by atoms with Crippen LogP contribution in [0, 0.1) is 0 Å². The fourth-order valence-corrected chi connectivity index (χ4v) is 1.66. The van der Waals surface area contributed by atoms with Crippen LogP contribution in [-0.2, 0) is 11.3 Å². The molecule has 6 heteroatoms. The number of hydrogen-bond donors (Lipinski definition) is 1. The largest absolute Gasteiger partial charge is 0.444 e. The maximum absolute atomic E-state index is 11.6. The molecule has 0 aliphatic heterocycles. The summed E-state index contributed by atoms with van der Waals surface area (Å²) in [6.07, 6.45) is 0.811. The first-order valence-electron chi connectivity index (χ1n) is 6.27. The molecule has 0 aliphatic carbocycles. The number of carbonyl (C=O) groups excluding carboxylic acids is 1. The summed E-state index contributed by atoms with van der Waals surface area (Å²) in [4.78, 5) is 11.6. The van der Waals surface area contributed by atoms with Crippen molar-refractivity contribution in [3.05, 3.63) is 36.2 Å². The number of ether oxygens (including phenoxy) is 1. The van der Waals surface area contributed by atoms with Gasteiger partial charge in [-0.25, -0.2) is 4.79 Å². The molecule has 106 valence electrons. The Kier molecular flexibility index (Phi) is 4.02. The molecular weight excluding hydrogens is 258 g/mol. The second-order valence-electron chi connectivity index (χ2n) is 5.26. The lowest BCUT2D eigenvalue weighted by Crippen LogP contribution is -2.32. The van der Waals surface area contributed by atoms with E-state index in [-0.39, 0.29) is 0 Å². The minimum Gasteiger partial charge on any atom is -0.444 e. The Morgan fingerprint density at radius 3 is 2.75 bits per heavy atom. The first-order valence-corrected chi connectivity index (χ1v) is 6.27. The second-order valence-corrected chi connectivity index (χ2v) is 5.26. The van der Waals surface area contributed by atoms with Gasteiger partial charge in [0.15, 0.2) is 0 Å². The van der Waals surface area contributed by atoms with Gasteiger partial charge in [-0.2, -0.15) is 0 Å². The summed E-state index contributed by atoms with van der Waals surface area (Å²) in [6, 6.07) is 7.50. The van der Waals surface area contributed by atoms with Gasteiger partial charge in [-0.1, -0.05) is 18.2 Å². The zero-order valence-corrected chi connectivity index (χ0v) is 11.7. The van der Waals surface area contributed by atoms with E-state index in [2.05, 4.69) is 15.5 Å². The van der Waals surface area contributed by atoms with Gasteiger partial charge in [0.1, 0.15) is 5.60 Å². The summed E-state index contributed by atoms with van der Waals surface area (Å²) in [5, 5.41) is 10.2. The summed E-state index contributed by atoms with van der Waals surface area (Å²) >= 11 is 0. The SMILES string of the molecule is CC(C)(C)OC(=O)NCc1ccccc1-c1nnco1. The van der Waals surface area contributed by atoms with Crippen molar-refractivity contribution in [2.24, 2.45) is 0 Å². The Morgan fingerprint density at radius 2 is 2.10 bits per heavy atom. The Labute approximate surface area is 117 Å². The molecule has 1 N–H and O–H groups in total. The molecule has 20 heavy (non-hydrogen) atoms.